The van der Waals surface area contributed by atoms with Crippen LogP contribution in [-0.4, -0.2) is 28.0 Å². The zero-order valence-corrected chi connectivity index (χ0v) is 8.89. The van der Waals surface area contributed by atoms with Gasteiger partial charge in [0.05, 0.1) is 22.9 Å². The van der Waals surface area contributed by atoms with Crippen LogP contribution >= 0.6 is 11.8 Å². The van der Waals surface area contributed by atoms with Crippen molar-refractivity contribution in [2.75, 3.05) is 6.54 Å². The van der Waals surface area contributed by atoms with Crippen molar-refractivity contribution in [3.8, 4) is 0 Å². The first-order chi connectivity index (χ1) is 6.21. The van der Waals surface area contributed by atoms with Gasteiger partial charge in [-0.15, -0.1) is 11.8 Å². The van der Waals surface area contributed by atoms with E-state index in [0.717, 1.165) is 19.4 Å². The van der Waals surface area contributed by atoms with Crippen molar-refractivity contribution in [1.82, 2.24) is 0 Å². The lowest BCUT2D eigenvalue weighted by Gasteiger charge is -2.39. The second kappa shape index (κ2) is 3.62. The second-order valence-electron chi connectivity index (χ2n) is 4.40. The van der Waals surface area contributed by atoms with E-state index in [-0.39, 0.29) is 0 Å². The largest absolute Gasteiger partial charge is 0.389 e. The van der Waals surface area contributed by atoms with Gasteiger partial charge in [0.1, 0.15) is 0 Å². The van der Waals surface area contributed by atoms with E-state index in [9.17, 15) is 5.11 Å². The van der Waals surface area contributed by atoms with E-state index in [1.54, 1.807) is 11.8 Å². The van der Waals surface area contributed by atoms with Crippen LogP contribution in [0.4, 0.5) is 0 Å². The number of nitrogens with zero attached hydrogens (tertiary/aromatic N) is 1. The zero-order chi connectivity index (χ0) is 9.31. The van der Waals surface area contributed by atoms with Crippen LogP contribution in [0.25, 0.3) is 0 Å². The van der Waals surface area contributed by atoms with Crippen molar-refractivity contribution < 1.29 is 5.11 Å². The molecule has 1 heterocycles. The molecule has 1 saturated carbocycles. The highest BCUT2D eigenvalue weighted by Crippen LogP contribution is 2.40. The number of aliphatic hydroxyl groups is 1. The fraction of sp³-hybridized carbons (Fsp3) is 0.900. The molecule has 0 bridgehead atoms. The smallest absolute Gasteiger partial charge is 0.0790 e. The molecule has 2 nitrogen and oxygen atoms in total. The molecule has 3 atom stereocenters. The Labute approximate surface area is 83.8 Å². The van der Waals surface area contributed by atoms with E-state index >= 15 is 0 Å². The third-order valence-electron chi connectivity index (χ3n) is 3.18. The first-order valence-corrected chi connectivity index (χ1v) is 6.01. The Hall–Kier alpha value is -0.0200. The summed E-state index contributed by atoms with van der Waals surface area (Å²) in [6.07, 6.45) is 4.39. The molecule has 0 spiro atoms. The van der Waals surface area contributed by atoms with E-state index in [4.69, 9.17) is 0 Å². The maximum Gasteiger partial charge on any atom is 0.0790 e. The van der Waals surface area contributed by atoms with Crippen molar-refractivity contribution in [2.45, 2.75) is 43.5 Å². The van der Waals surface area contributed by atoms with Crippen LogP contribution in [0.15, 0.2) is 4.99 Å². The van der Waals surface area contributed by atoms with Gasteiger partial charge in [0.15, 0.2) is 0 Å². The summed E-state index contributed by atoms with van der Waals surface area (Å²) in [4.78, 5) is 4.19. The maximum absolute atomic E-state index is 10.4. The number of hydrogen-bond donors (Lipinski definition) is 1. The minimum atomic E-state index is -0.432. The van der Waals surface area contributed by atoms with Crippen molar-refractivity contribution in [1.29, 1.82) is 0 Å². The molecule has 13 heavy (non-hydrogen) atoms. The minimum Gasteiger partial charge on any atom is -0.389 e. The fourth-order valence-corrected chi connectivity index (χ4v) is 3.41. The molecule has 1 aliphatic heterocycles. The van der Waals surface area contributed by atoms with Crippen LogP contribution in [0.3, 0.4) is 0 Å². The van der Waals surface area contributed by atoms with E-state index in [0.29, 0.717) is 11.2 Å². The van der Waals surface area contributed by atoms with Crippen molar-refractivity contribution in [2.24, 2.45) is 10.9 Å². The van der Waals surface area contributed by atoms with Gasteiger partial charge in [-0.2, -0.15) is 0 Å². The quantitative estimate of drug-likeness (QED) is 0.701. The summed E-state index contributed by atoms with van der Waals surface area (Å²) in [6.45, 7) is 3.05. The molecular weight excluding hydrogens is 182 g/mol. The topological polar surface area (TPSA) is 32.6 Å². The Morgan fingerprint density at radius 1 is 1.62 bits per heavy atom. The number of rotatable bonds is 1. The summed E-state index contributed by atoms with van der Waals surface area (Å²) in [5, 5.41) is 10.8. The summed E-state index contributed by atoms with van der Waals surface area (Å²) >= 11 is 1.71. The monoisotopic (exact) mass is 199 g/mol. The Balaban J connectivity index is 2.01. The summed E-state index contributed by atoms with van der Waals surface area (Å²) < 4.78 is 0. The van der Waals surface area contributed by atoms with Gasteiger partial charge < -0.3 is 5.11 Å². The van der Waals surface area contributed by atoms with Gasteiger partial charge in [-0.25, -0.2) is 0 Å². The van der Waals surface area contributed by atoms with Crippen LogP contribution in [0.1, 0.15) is 32.6 Å². The molecule has 0 aromatic carbocycles. The van der Waals surface area contributed by atoms with E-state index in [1.807, 2.05) is 5.55 Å². The first-order valence-electron chi connectivity index (χ1n) is 5.07. The van der Waals surface area contributed by atoms with Gasteiger partial charge in [-0.3, -0.25) is 4.99 Å². The highest BCUT2D eigenvalue weighted by molar-refractivity contribution is 8.13. The Kier molecular flexibility index (Phi) is 2.65. The molecule has 2 aliphatic rings. The van der Waals surface area contributed by atoms with Gasteiger partial charge >= 0.3 is 0 Å². The highest BCUT2D eigenvalue weighted by atomic mass is 32.2. The number of hydrogen-bond acceptors (Lipinski definition) is 3. The zero-order valence-electron chi connectivity index (χ0n) is 8.07. The molecule has 0 saturated heterocycles. The standard InChI is InChI=1S/C10H17NOS/c1-8-3-2-4-10(12,5-8)9-6-11-7-13-9/h7-9,12H,2-6H2,1H3. The van der Waals surface area contributed by atoms with Crippen LogP contribution in [0.5, 0.6) is 0 Å². The summed E-state index contributed by atoms with van der Waals surface area (Å²) in [7, 11) is 0. The summed E-state index contributed by atoms with van der Waals surface area (Å²) in [6, 6.07) is 0. The lowest BCUT2D eigenvalue weighted by molar-refractivity contribution is -0.0118. The molecule has 0 aromatic heterocycles. The predicted molar refractivity (Wildman–Crippen MR) is 57.3 cm³/mol. The molecule has 0 aromatic rings. The lowest BCUT2D eigenvalue weighted by atomic mass is 9.77. The van der Waals surface area contributed by atoms with Gasteiger partial charge in [0.25, 0.3) is 0 Å². The van der Waals surface area contributed by atoms with Crippen LogP contribution in [-0.2, 0) is 0 Å². The third kappa shape index (κ3) is 1.91. The molecule has 2 rings (SSSR count). The number of thioether (sulfide) groups is 1. The predicted octanol–water partition coefficient (Wildman–Crippen LogP) is 2.07. The Morgan fingerprint density at radius 3 is 3.08 bits per heavy atom. The first kappa shape index (κ1) is 9.53. The molecule has 3 heteroatoms. The molecule has 1 fully saturated rings. The summed E-state index contributed by atoms with van der Waals surface area (Å²) in [5.74, 6) is 0.681. The molecule has 1 N–H and O–H groups in total. The van der Waals surface area contributed by atoms with Crippen molar-refractivity contribution in [3.63, 3.8) is 0 Å². The molecule has 74 valence electrons. The van der Waals surface area contributed by atoms with Crippen molar-refractivity contribution in [3.05, 3.63) is 0 Å². The van der Waals surface area contributed by atoms with Crippen LogP contribution in [0.2, 0.25) is 0 Å². The Bertz CT molecular complexity index is 211. The average molecular weight is 199 g/mol. The van der Waals surface area contributed by atoms with Crippen molar-refractivity contribution >= 4 is 17.3 Å². The molecule has 1 aliphatic carbocycles. The third-order valence-corrected chi connectivity index (χ3v) is 4.37. The van der Waals surface area contributed by atoms with Gasteiger partial charge in [-0.05, 0) is 18.8 Å². The lowest BCUT2D eigenvalue weighted by Crippen LogP contribution is -2.44. The van der Waals surface area contributed by atoms with E-state index in [1.165, 1.54) is 12.8 Å². The minimum absolute atomic E-state index is 0.329. The number of aliphatic imine (C=N–C) groups is 1. The molecule has 0 amide bonds. The second-order valence-corrected chi connectivity index (χ2v) is 5.45. The fourth-order valence-electron chi connectivity index (χ4n) is 2.45. The van der Waals surface area contributed by atoms with E-state index in [2.05, 4.69) is 11.9 Å². The SMILES string of the molecule is CC1CCCC(O)(C2CN=CS2)C1. The average Bonchev–Trinajstić information content (AvgIpc) is 2.55. The van der Waals surface area contributed by atoms with E-state index < -0.39 is 5.60 Å². The van der Waals surface area contributed by atoms with Gasteiger partial charge in [-0.1, -0.05) is 19.8 Å². The van der Waals surface area contributed by atoms with Crippen LogP contribution < -0.4 is 0 Å². The normalized spacial score (nSPS) is 45.4. The van der Waals surface area contributed by atoms with Gasteiger partial charge in [0.2, 0.25) is 0 Å². The maximum atomic E-state index is 10.4. The molecular formula is C10H17NOS. The highest BCUT2D eigenvalue weighted by Gasteiger charge is 2.41. The van der Waals surface area contributed by atoms with Gasteiger partial charge in [0, 0.05) is 0 Å². The molecule has 0 radical (unpaired) electrons. The molecule has 3 unspecified atom stereocenters. The summed E-state index contributed by atoms with van der Waals surface area (Å²) in [5.41, 5.74) is 1.46. The Morgan fingerprint density at radius 2 is 2.46 bits per heavy atom. The van der Waals surface area contributed by atoms with Crippen LogP contribution in [0, 0.1) is 5.92 Å².